The summed E-state index contributed by atoms with van der Waals surface area (Å²) >= 11 is 6.11. The van der Waals surface area contributed by atoms with Gasteiger partial charge in [0.05, 0.1) is 24.9 Å². The van der Waals surface area contributed by atoms with Gasteiger partial charge in [-0.2, -0.15) is 0 Å². The smallest absolute Gasteiger partial charge is 0.331 e. The van der Waals surface area contributed by atoms with Crippen LogP contribution in [0.4, 0.5) is 10.1 Å². The summed E-state index contributed by atoms with van der Waals surface area (Å²) < 4.78 is 28.9. The van der Waals surface area contributed by atoms with Crippen LogP contribution < -0.4 is 14.8 Å². The molecule has 0 spiro atoms. The van der Waals surface area contributed by atoms with Crippen molar-refractivity contribution in [2.24, 2.45) is 0 Å². The van der Waals surface area contributed by atoms with Gasteiger partial charge >= 0.3 is 5.97 Å². The van der Waals surface area contributed by atoms with Crippen molar-refractivity contribution in [2.75, 3.05) is 19.5 Å². The van der Waals surface area contributed by atoms with Crippen LogP contribution in [0.25, 0.3) is 6.08 Å². The standard InChI is InChI=1S/C20H19ClFNO5/c1-12(20(25)23-16-7-5-4-6-15(16)22)28-18(24)9-8-13-10-14(21)19(27-3)17(11-13)26-2/h4-12H,1-3H3,(H,23,25)/b9-8+/t12-/m1/s1. The molecule has 2 aromatic carbocycles. The van der Waals surface area contributed by atoms with Gasteiger partial charge < -0.3 is 19.5 Å². The predicted octanol–water partition coefficient (Wildman–Crippen LogP) is 4.08. The molecule has 2 aromatic rings. The number of methoxy groups -OCH3 is 2. The number of halogens is 2. The van der Waals surface area contributed by atoms with Crippen molar-refractivity contribution in [1.82, 2.24) is 0 Å². The first-order chi connectivity index (χ1) is 13.3. The molecule has 8 heteroatoms. The van der Waals surface area contributed by atoms with E-state index in [1.165, 1.54) is 45.4 Å². The Kier molecular flexibility index (Phi) is 7.40. The van der Waals surface area contributed by atoms with Gasteiger partial charge in [-0.25, -0.2) is 9.18 Å². The number of hydrogen-bond acceptors (Lipinski definition) is 5. The van der Waals surface area contributed by atoms with Crippen molar-refractivity contribution in [3.05, 3.63) is 58.9 Å². The quantitative estimate of drug-likeness (QED) is 0.553. The van der Waals surface area contributed by atoms with Crippen molar-refractivity contribution >= 4 is 35.2 Å². The SMILES string of the molecule is COc1cc(/C=C/C(=O)O[C@H](C)C(=O)Nc2ccccc2F)cc(Cl)c1OC. The molecule has 0 aliphatic heterocycles. The van der Waals surface area contributed by atoms with Crippen molar-refractivity contribution < 1.29 is 28.2 Å². The molecule has 1 amide bonds. The molecule has 0 heterocycles. The molecule has 0 saturated carbocycles. The zero-order chi connectivity index (χ0) is 20.7. The molecule has 0 saturated heterocycles. The topological polar surface area (TPSA) is 73.9 Å². The van der Waals surface area contributed by atoms with Crippen LogP contribution in [0.1, 0.15) is 12.5 Å². The monoisotopic (exact) mass is 407 g/mol. The van der Waals surface area contributed by atoms with Crippen LogP contribution in [-0.2, 0) is 14.3 Å². The Bertz CT molecular complexity index is 900. The van der Waals surface area contributed by atoms with Gasteiger partial charge in [0.1, 0.15) is 5.82 Å². The van der Waals surface area contributed by atoms with E-state index in [2.05, 4.69) is 5.32 Å². The average Bonchev–Trinajstić information content (AvgIpc) is 2.67. The third-order valence-electron chi connectivity index (χ3n) is 3.66. The fourth-order valence-corrected chi connectivity index (χ4v) is 2.56. The molecule has 28 heavy (non-hydrogen) atoms. The summed E-state index contributed by atoms with van der Waals surface area (Å²) in [5.74, 6) is -1.20. The molecular weight excluding hydrogens is 389 g/mol. The Labute approximate surface area is 166 Å². The van der Waals surface area contributed by atoms with Crippen LogP contribution in [0, 0.1) is 5.82 Å². The van der Waals surface area contributed by atoms with E-state index in [0.717, 1.165) is 6.08 Å². The molecule has 0 unspecified atom stereocenters. The molecule has 0 radical (unpaired) electrons. The van der Waals surface area contributed by atoms with E-state index in [1.807, 2.05) is 0 Å². The van der Waals surface area contributed by atoms with E-state index < -0.39 is 23.8 Å². The number of hydrogen-bond donors (Lipinski definition) is 1. The summed E-state index contributed by atoms with van der Waals surface area (Å²) in [6, 6.07) is 8.90. The number of benzene rings is 2. The van der Waals surface area contributed by atoms with Crippen molar-refractivity contribution in [1.29, 1.82) is 0 Å². The van der Waals surface area contributed by atoms with E-state index in [4.69, 9.17) is 25.8 Å². The van der Waals surface area contributed by atoms with Gasteiger partial charge in [0.15, 0.2) is 17.6 Å². The Balaban J connectivity index is 2.00. The molecule has 0 aromatic heterocycles. The number of esters is 1. The molecule has 6 nitrogen and oxygen atoms in total. The van der Waals surface area contributed by atoms with Crippen LogP contribution in [0.2, 0.25) is 5.02 Å². The second-order valence-corrected chi connectivity index (χ2v) is 6.03. The Morgan fingerprint density at radius 3 is 2.54 bits per heavy atom. The molecule has 1 atom stereocenters. The van der Waals surface area contributed by atoms with Crippen LogP contribution in [0.3, 0.4) is 0 Å². The molecule has 2 rings (SSSR count). The average molecular weight is 408 g/mol. The second-order valence-electron chi connectivity index (χ2n) is 5.62. The van der Waals surface area contributed by atoms with Crippen LogP contribution in [0.15, 0.2) is 42.5 Å². The van der Waals surface area contributed by atoms with Crippen molar-refractivity contribution in [2.45, 2.75) is 13.0 Å². The number of anilines is 1. The minimum Gasteiger partial charge on any atom is -0.493 e. The first-order valence-electron chi connectivity index (χ1n) is 8.21. The Morgan fingerprint density at radius 1 is 1.18 bits per heavy atom. The number of rotatable bonds is 7. The summed E-state index contributed by atoms with van der Waals surface area (Å²) in [5.41, 5.74) is 0.578. The van der Waals surface area contributed by atoms with Gasteiger partial charge in [-0.3, -0.25) is 4.79 Å². The maximum absolute atomic E-state index is 13.6. The number of para-hydroxylation sites is 1. The fourth-order valence-electron chi connectivity index (χ4n) is 2.26. The maximum atomic E-state index is 13.6. The summed E-state index contributed by atoms with van der Waals surface area (Å²) in [4.78, 5) is 24.0. The number of amides is 1. The highest BCUT2D eigenvalue weighted by atomic mass is 35.5. The highest BCUT2D eigenvalue weighted by Crippen LogP contribution is 2.36. The zero-order valence-electron chi connectivity index (χ0n) is 15.5. The highest BCUT2D eigenvalue weighted by Gasteiger charge is 2.18. The minimum absolute atomic E-state index is 0.00547. The van der Waals surface area contributed by atoms with E-state index in [1.54, 1.807) is 18.2 Å². The minimum atomic E-state index is -1.12. The normalized spacial score (nSPS) is 11.8. The van der Waals surface area contributed by atoms with Gasteiger partial charge in [0.25, 0.3) is 5.91 Å². The highest BCUT2D eigenvalue weighted by molar-refractivity contribution is 6.32. The first-order valence-corrected chi connectivity index (χ1v) is 8.59. The van der Waals surface area contributed by atoms with Crippen LogP contribution >= 0.6 is 11.6 Å². The number of carbonyl (C=O) groups is 2. The van der Waals surface area contributed by atoms with Crippen LogP contribution in [-0.4, -0.2) is 32.2 Å². The summed E-state index contributed by atoms with van der Waals surface area (Å²) in [6.45, 7) is 1.38. The number of ether oxygens (including phenoxy) is 3. The van der Waals surface area contributed by atoms with E-state index in [-0.39, 0.29) is 5.69 Å². The third-order valence-corrected chi connectivity index (χ3v) is 3.94. The van der Waals surface area contributed by atoms with Gasteiger partial charge in [-0.1, -0.05) is 23.7 Å². The van der Waals surface area contributed by atoms with Crippen molar-refractivity contribution in [3.8, 4) is 11.5 Å². The van der Waals surface area contributed by atoms with Gasteiger partial charge in [-0.05, 0) is 42.8 Å². The number of nitrogens with one attached hydrogen (secondary N) is 1. The van der Waals surface area contributed by atoms with Gasteiger partial charge in [0.2, 0.25) is 0 Å². The maximum Gasteiger partial charge on any atom is 0.331 e. The van der Waals surface area contributed by atoms with E-state index in [0.29, 0.717) is 22.1 Å². The Morgan fingerprint density at radius 2 is 1.89 bits per heavy atom. The zero-order valence-corrected chi connectivity index (χ0v) is 16.2. The van der Waals surface area contributed by atoms with Gasteiger partial charge in [-0.15, -0.1) is 0 Å². The summed E-state index contributed by atoms with van der Waals surface area (Å²) in [6.07, 6.45) is 1.48. The largest absolute Gasteiger partial charge is 0.493 e. The molecule has 0 aliphatic rings. The molecule has 1 N–H and O–H groups in total. The molecule has 0 aliphatic carbocycles. The summed E-state index contributed by atoms with van der Waals surface area (Å²) in [5, 5.41) is 2.67. The lowest BCUT2D eigenvalue weighted by molar-refractivity contribution is -0.148. The lowest BCUT2D eigenvalue weighted by Crippen LogP contribution is -2.29. The fraction of sp³-hybridized carbons (Fsp3) is 0.200. The molecule has 0 bridgehead atoms. The number of carbonyl (C=O) groups excluding carboxylic acids is 2. The Hall–Kier alpha value is -3.06. The third kappa shape index (κ3) is 5.47. The van der Waals surface area contributed by atoms with E-state index in [9.17, 15) is 14.0 Å². The second kappa shape index (κ2) is 9.75. The predicted molar refractivity (Wildman–Crippen MR) is 104 cm³/mol. The molecule has 148 valence electrons. The molecular formula is C20H19ClFNO5. The summed E-state index contributed by atoms with van der Waals surface area (Å²) in [7, 11) is 2.93. The molecule has 0 fully saturated rings. The lowest BCUT2D eigenvalue weighted by Gasteiger charge is -2.13. The first kappa shape index (κ1) is 21.2. The van der Waals surface area contributed by atoms with Crippen molar-refractivity contribution in [3.63, 3.8) is 0 Å². The van der Waals surface area contributed by atoms with Gasteiger partial charge in [0, 0.05) is 6.08 Å². The van der Waals surface area contributed by atoms with Crippen LogP contribution in [0.5, 0.6) is 11.5 Å². The lowest BCUT2D eigenvalue weighted by atomic mass is 10.2. The van der Waals surface area contributed by atoms with E-state index >= 15 is 0 Å².